The van der Waals surface area contributed by atoms with E-state index in [-0.39, 0.29) is 29.0 Å². The smallest absolute Gasteiger partial charge is 0.548 e. The third-order valence-electron chi connectivity index (χ3n) is 5.93. The van der Waals surface area contributed by atoms with Crippen LogP contribution in [0.4, 0.5) is 0 Å². The number of aliphatic carboxylic acids is 1. The molecule has 15 heteroatoms. The van der Waals surface area contributed by atoms with Crippen molar-refractivity contribution in [3.05, 3.63) is 121 Å². The summed E-state index contributed by atoms with van der Waals surface area (Å²) in [5, 5.41) is 14.9. The van der Waals surface area contributed by atoms with Crippen molar-refractivity contribution in [3.63, 3.8) is 0 Å². The van der Waals surface area contributed by atoms with Crippen molar-refractivity contribution in [2.24, 2.45) is 5.73 Å². The average Bonchev–Trinajstić information content (AvgIpc) is 3.40. The van der Waals surface area contributed by atoms with E-state index in [2.05, 4.69) is 20.3 Å². The van der Waals surface area contributed by atoms with Crippen molar-refractivity contribution >= 4 is 22.8 Å². The van der Waals surface area contributed by atoms with Crippen LogP contribution in [0.25, 0.3) is 22.3 Å². The maximum Gasteiger partial charge on any atom is 2.00 e. The molecule has 2 atom stereocenters. The number of halogens is 1. The molecule has 3 aromatic heterocycles. The molecule has 1 amide bonds. The summed E-state index contributed by atoms with van der Waals surface area (Å²) in [5.41, 5.74) is 10.5. The maximum absolute atomic E-state index is 12.4. The number of nitrogens with two attached hydrogens (primary N) is 1. The monoisotopic (exact) mass is 686 g/mol. The normalized spacial score (nSPS) is 11.6. The van der Waals surface area contributed by atoms with Gasteiger partial charge in [0.05, 0.1) is 29.4 Å². The van der Waals surface area contributed by atoms with Crippen LogP contribution < -0.4 is 34.8 Å². The topological polar surface area (TPSA) is 261 Å². The summed E-state index contributed by atoms with van der Waals surface area (Å²) in [6.07, 6.45) is 5.81. The summed E-state index contributed by atoms with van der Waals surface area (Å²) in [4.78, 5) is 35.3. The van der Waals surface area contributed by atoms with Crippen molar-refractivity contribution in [1.29, 1.82) is 0 Å². The molecule has 241 valence electrons. The van der Waals surface area contributed by atoms with Crippen LogP contribution in [0.2, 0.25) is 0 Å². The van der Waals surface area contributed by atoms with Gasteiger partial charge in [-0.05, 0) is 54.3 Å². The second kappa shape index (κ2) is 19.2. The number of fused-ring (bicyclic) bond motifs is 1. The largest absolute Gasteiger partial charge is 2.00 e. The molecule has 45 heavy (non-hydrogen) atoms. The molecule has 0 bridgehead atoms. The number of carboxylic acids is 1. The minimum atomic E-state index is -4.94. The number of H-pyrrole nitrogens is 1. The number of nitrogens with zero attached hydrogens (tertiary/aromatic N) is 2. The van der Waals surface area contributed by atoms with Crippen molar-refractivity contribution in [1.82, 2.24) is 20.3 Å². The summed E-state index contributed by atoms with van der Waals surface area (Å²) >= 11 is 0. The van der Waals surface area contributed by atoms with Gasteiger partial charge in [-0.2, -0.15) is 0 Å². The second-order valence-electron chi connectivity index (χ2n) is 9.05. The molecular weight excluding hydrogens is 657 g/mol. The SMILES string of the molecule is N[C@@H](Cc1c[nH]c2ccccc12)C(=O)N[C@@H](Cc1ccccc1)C(=O)[O-].O.[Cu+2].[O-][Cl+3]([O-])([O-])[O-].c1ccc(-c2ccccn2)nc1. The van der Waals surface area contributed by atoms with Crippen molar-refractivity contribution in [2.45, 2.75) is 24.9 Å². The third-order valence-corrected chi connectivity index (χ3v) is 5.93. The molecule has 3 heterocycles. The van der Waals surface area contributed by atoms with Crippen LogP contribution in [0.1, 0.15) is 11.1 Å². The summed E-state index contributed by atoms with van der Waals surface area (Å²) in [6, 6.07) is 26.4. The van der Waals surface area contributed by atoms with E-state index in [0.717, 1.165) is 33.4 Å². The predicted octanol–water partition coefficient (Wildman–Crippen LogP) is -2.92. The second-order valence-corrected chi connectivity index (χ2v) is 9.80. The van der Waals surface area contributed by atoms with E-state index in [0.29, 0.717) is 6.42 Å². The van der Waals surface area contributed by atoms with E-state index in [9.17, 15) is 14.7 Å². The van der Waals surface area contributed by atoms with Crippen molar-refractivity contribution in [3.8, 4) is 11.4 Å². The summed E-state index contributed by atoms with van der Waals surface area (Å²) in [7, 11) is -4.94. The number of rotatable bonds is 8. The Balaban J connectivity index is 0.000000443. The standard InChI is InChI=1S/C20H21N3O3.C10H8N2.ClHO4.Cu.H2O/c21-16(11-14-12-22-17-9-5-4-8-15(14)17)19(24)23-18(20(25)26)10-13-6-2-1-3-7-13;1-3-7-11-9(5-1)10-6-2-4-8-12-10;2-1(3,4)5;;/h1-9,12,16,18,22H,10-11,21H2,(H,23,24)(H,25,26);1-8H;(H,2,3,4,5);;1H2/q;;;+2;/p-2/t16-,18-;;;;/m0..../s1. The molecule has 2 aromatic carbocycles. The van der Waals surface area contributed by atoms with Crippen LogP contribution in [-0.2, 0) is 39.5 Å². The van der Waals surface area contributed by atoms with Crippen LogP contribution in [0.3, 0.4) is 0 Å². The molecule has 0 aliphatic rings. The number of carbonyl (C=O) groups excluding carboxylic acids is 2. The van der Waals surface area contributed by atoms with Gasteiger partial charge in [-0.1, -0.05) is 60.7 Å². The average molecular weight is 688 g/mol. The molecule has 0 aliphatic heterocycles. The van der Waals surface area contributed by atoms with Crippen molar-refractivity contribution < 1.29 is 66.1 Å². The Morgan fingerprint density at radius 1 is 0.800 bits per heavy atom. The van der Waals surface area contributed by atoms with Gasteiger partial charge >= 0.3 is 17.1 Å². The molecule has 0 saturated carbocycles. The fourth-order valence-electron chi connectivity index (χ4n) is 3.98. The number of pyridine rings is 2. The minimum absolute atomic E-state index is 0. The maximum atomic E-state index is 12.4. The number of hydrogen-bond acceptors (Lipinski definition) is 10. The Bertz CT molecular complexity index is 1530. The van der Waals surface area contributed by atoms with E-state index >= 15 is 0 Å². The zero-order chi connectivity index (χ0) is 31.2. The van der Waals surface area contributed by atoms with Gasteiger partial charge in [0.15, 0.2) is 0 Å². The fourth-order valence-corrected chi connectivity index (χ4v) is 3.98. The van der Waals surface area contributed by atoms with Gasteiger partial charge in [0.25, 0.3) is 0 Å². The van der Waals surface area contributed by atoms with Gasteiger partial charge in [0.2, 0.25) is 5.91 Å². The van der Waals surface area contributed by atoms with E-state index in [4.69, 9.17) is 24.4 Å². The van der Waals surface area contributed by atoms with Crippen LogP contribution in [0.5, 0.6) is 0 Å². The summed E-state index contributed by atoms with van der Waals surface area (Å²) < 4.78 is 34.0. The van der Waals surface area contributed by atoms with E-state index in [1.54, 1.807) is 24.5 Å². The fraction of sp³-hybridized carbons (Fsp3) is 0.133. The number of para-hydroxylation sites is 1. The van der Waals surface area contributed by atoms with Gasteiger partial charge in [-0.25, -0.2) is 18.6 Å². The zero-order valence-corrected chi connectivity index (χ0v) is 25.2. The number of aromatic nitrogens is 3. The van der Waals surface area contributed by atoms with Crippen molar-refractivity contribution in [2.75, 3.05) is 0 Å². The number of carboxylic acid groups (broad SMARTS) is 1. The number of carbonyl (C=O) groups is 2. The molecule has 13 nitrogen and oxygen atoms in total. The van der Waals surface area contributed by atoms with Gasteiger partial charge in [-0.3, -0.25) is 14.8 Å². The molecule has 0 aliphatic carbocycles. The Morgan fingerprint density at radius 3 is 1.82 bits per heavy atom. The summed E-state index contributed by atoms with van der Waals surface area (Å²) in [6.45, 7) is 0. The molecule has 0 unspecified atom stereocenters. The first-order valence-electron chi connectivity index (χ1n) is 12.8. The molecule has 0 spiro atoms. The number of nitrogens with one attached hydrogen (secondary N) is 2. The first-order valence-corrected chi connectivity index (χ1v) is 14.0. The van der Waals surface area contributed by atoms with Gasteiger partial charge in [-0.15, -0.1) is 10.2 Å². The number of aromatic amines is 1. The first-order chi connectivity index (χ1) is 20.5. The van der Waals surface area contributed by atoms with E-state index in [1.807, 2.05) is 85.1 Å². The quantitative estimate of drug-likeness (QED) is 0.140. The molecule has 5 rings (SSSR count). The van der Waals surface area contributed by atoms with E-state index in [1.165, 1.54) is 0 Å². The third kappa shape index (κ3) is 14.0. The predicted molar refractivity (Wildman–Crippen MR) is 148 cm³/mol. The number of hydrogen-bond donors (Lipinski definition) is 3. The van der Waals surface area contributed by atoms with Gasteiger partial charge in [0.1, 0.15) is 0 Å². The van der Waals surface area contributed by atoms with Gasteiger partial charge in [0, 0.05) is 29.5 Å². The number of amides is 1. The number of benzene rings is 2. The van der Waals surface area contributed by atoms with E-state index < -0.39 is 34.2 Å². The first kappa shape index (κ1) is 38.8. The van der Waals surface area contributed by atoms with Crippen LogP contribution >= 0.6 is 0 Å². The van der Waals surface area contributed by atoms with Gasteiger partial charge < -0.3 is 31.4 Å². The Labute approximate surface area is 271 Å². The zero-order valence-electron chi connectivity index (χ0n) is 23.5. The molecular formula is C30H30ClCuN5O8. The molecule has 6 N–H and O–H groups in total. The molecule has 0 fully saturated rings. The minimum Gasteiger partial charge on any atom is -0.548 e. The van der Waals surface area contributed by atoms with Crippen LogP contribution in [-0.4, -0.2) is 44.4 Å². The molecule has 0 saturated heterocycles. The van der Waals surface area contributed by atoms with Crippen LogP contribution in [0.15, 0.2) is 110 Å². The Kier molecular flexibility index (Phi) is 16.6. The Morgan fingerprint density at radius 2 is 1.31 bits per heavy atom. The molecule has 5 aromatic rings. The Hall–Kier alpha value is -4.21. The summed E-state index contributed by atoms with van der Waals surface area (Å²) in [5.74, 6) is -1.85. The molecule has 1 radical (unpaired) electrons. The van der Waals surface area contributed by atoms with Crippen LogP contribution in [0, 0.1) is 10.2 Å².